The molecule has 3 rings (SSSR count). The van der Waals surface area contributed by atoms with E-state index in [4.69, 9.17) is 4.74 Å². The number of rotatable bonds is 4. The highest BCUT2D eigenvalue weighted by Crippen LogP contribution is 2.31. The molecule has 0 radical (unpaired) electrons. The van der Waals surface area contributed by atoms with Crippen molar-refractivity contribution in [1.82, 2.24) is 20.1 Å². The van der Waals surface area contributed by atoms with Crippen LogP contribution >= 0.6 is 0 Å². The van der Waals surface area contributed by atoms with Gasteiger partial charge in [-0.15, -0.1) is 0 Å². The van der Waals surface area contributed by atoms with Gasteiger partial charge < -0.3 is 10.1 Å². The molecule has 0 saturated carbocycles. The molecule has 0 bridgehead atoms. The van der Waals surface area contributed by atoms with Crippen molar-refractivity contribution < 1.29 is 9.53 Å². The molecule has 0 spiro atoms. The van der Waals surface area contributed by atoms with Gasteiger partial charge in [0.25, 0.3) is 0 Å². The van der Waals surface area contributed by atoms with E-state index in [1.165, 1.54) is 6.33 Å². The topological polar surface area (TPSA) is 69.0 Å². The lowest BCUT2D eigenvalue weighted by Crippen LogP contribution is -2.30. The molecule has 2 heterocycles. The summed E-state index contributed by atoms with van der Waals surface area (Å²) in [7, 11) is 0. The molecule has 1 amide bonds. The Labute approximate surface area is 110 Å². The van der Waals surface area contributed by atoms with Crippen LogP contribution in [0.5, 0.6) is 5.75 Å². The molecule has 98 valence electrons. The minimum Gasteiger partial charge on any atom is -0.491 e. The van der Waals surface area contributed by atoms with Crippen LogP contribution in [0.15, 0.2) is 36.9 Å². The molecule has 1 aliphatic heterocycles. The summed E-state index contributed by atoms with van der Waals surface area (Å²) in [6, 6.07) is 7.71. The number of carbonyl (C=O) groups is 1. The summed E-state index contributed by atoms with van der Waals surface area (Å²) in [5, 5.41) is 6.93. The molecule has 2 aromatic rings. The zero-order chi connectivity index (χ0) is 13.1. The summed E-state index contributed by atoms with van der Waals surface area (Å²) in [6.07, 6.45) is 3.43. The maximum atomic E-state index is 11.9. The fourth-order valence-corrected chi connectivity index (χ4v) is 2.11. The van der Waals surface area contributed by atoms with Crippen molar-refractivity contribution in [2.45, 2.75) is 19.0 Å². The van der Waals surface area contributed by atoms with Gasteiger partial charge in [0, 0.05) is 12.0 Å². The average molecular weight is 258 g/mol. The summed E-state index contributed by atoms with van der Waals surface area (Å²) < 4.78 is 7.16. The number of aromatic nitrogens is 3. The smallest absolute Gasteiger partial charge is 0.222 e. The highest BCUT2D eigenvalue weighted by atomic mass is 16.5. The second kappa shape index (κ2) is 5.09. The Morgan fingerprint density at radius 1 is 1.47 bits per heavy atom. The number of nitrogens with zero attached hydrogens (tertiary/aromatic N) is 3. The Kier molecular flexibility index (Phi) is 3.14. The standard InChI is InChI=1S/C13H14N4O2/c18-13(5-6-17-9-14-8-15-17)16-11-7-19-12-4-2-1-3-10(11)12/h1-4,8-9,11H,5-7H2,(H,16,18). The van der Waals surface area contributed by atoms with Crippen LogP contribution in [-0.4, -0.2) is 27.3 Å². The van der Waals surface area contributed by atoms with Crippen molar-refractivity contribution in [2.75, 3.05) is 6.61 Å². The van der Waals surface area contributed by atoms with Crippen LogP contribution < -0.4 is 10.1 Å². The van der Waals surface area contributed by atoms with Gasteiger partial charge in [0.1, 0.15) is 25.0 Å². The van der Waals surface area contributed by atoms with Crippen molar-refractivity contribution in [2.24, 2.45) is 0 Å². The predicted octanol–water partition coefficient (Wildman–Crippen LogP) is 0.918. The minimum atomic E-state index is -0.0561. The SMILES string of the molecule is O=C(CCn1cncn1)NC1COc2ccccc21. The molecule has 0 fully saturated rings. The maximum absolute atomic E-state index is 11.9. The number of benzene rings is 1. The minimum absolute atomic E-state index is 0.0131. The molecule has 1 aliphatic rings. The van der Waals surface area contributed by atoms with Gasteiger partial charge in [-0.1, -0.05) is 18.2 Å². The lowest BCUT2D eigenvalue weighted by Gasteiger charge is -2.11. The zero-order valence-corrected chi connectivity index (χ0v) is 10.3. The van der Waals surface area contributed by atoms with E-state index in [-0.39, 0.29) is 11.9 Å². The van der Waals surface area contributed by atoms with E-state index in [9.17, 15) is 4.79 Å². The summed E-state index contributed by atoms with van der Waals surface area (Å²) in [6.45, 7) is 1.02. The first-order valence-corrected chi connectivity index (χ1v) is 6.16. The third kappa shape index (κ3) is 2.57. The fraction of sp³-hybridized carbons (Fsp3) is 0.308. The van der Waals surface area contributed by atoms with E-state index < -0.39 is 0 Å². The van der Waals surface area contributed by atoms with Crippen LogP contribution in [0.4, 0.5) is 0 Å². The predicted molar refractivity (Wildman–Crippen MR) is 67.5 cm³/mol. The molecule has 0 saturated heterocycles. The molecule has 1 aromatic heterocycles. The third-order valence-electron chi connectivity index (χ3n) is 3.07. The molecule has 1 aromatic carbocycles. The van der Waals surface area contributed by atoms with Gasteiger partial charge in [-0.3, -0.25) is 9.48 Å². The monoisotopic (exact) mass is 258 g/mol. The van der Waals surface area contributed by atoms with E-state index in [2.05, 4.69) is 15.4 Å². The third-order valence-corrected chi connectivity index (χ3v) is 3.07. The zero-order valence-electron chi connectivity index (χ0n) is 10.3. The van der Waals surface area contributed by atoms with Crippen LogP contribution in [0.3, 0.4) is 0 Å². The molecular weight excluding hydrogens is 244 g/mol. The van der Waals surface area contributed by atoms with Crippen LogP contribution in [-0.2, 0) is 11.3 Å². The Balaban J connectivity index is 1.56. The second-order valence-electron chi connectivity index (χ2n) is 4.38. The van der Waals surface area contributed by atoms with Gasteiger partial charge in [0.15, 0.2) is 0 Å². The largest absolute Gasteiger partial charge is 0.491 e. The van der Waals surface area contributed by atoms with E-state index in [1.807, 2.05) is 24.3 Å². The number of para-hydroxylation sites is 1. The van der Waals surface area contributed by atoms with Gasteiger partial charge in [0.2, 0.25) is 5.91 Å². The van der Waals surface area contributed by atoms with Gasteiger partial charge in [-0.25, -0.2) is 4.98 Å². The highest BCUT2D eigenvalue weighted by Gasteiger charge is 2.24. The first-order chi connectivity index (χ1) is 9.33. The molecule has 6 nitrogen and oxygen atoms in total. The van der Waals surface area contributed by atoms with Crippen LogP contribution in [0.2, 0.25) is 0 Å². The highest BCUT2D eigenvalue weighted by molar-refractivity contribution is 5.76. The number of hydrogen-bond acceptors (Lipinski definition) is 4. The number of aryl methyl sites for hydroxylation is 1. The number of carbonyl (C=O) groups excluding carboxylic acids is 1. The summed E-state index contributed by atoms with van der Waals surface area (Å²) >= 11 is 0. The Morgan fingerprint density at radius 2 is 2.37 bits per heavy atom. The van der Waals surface area contributed by atoms with Gasteiger partial charge >= 0.3 is 0 Å². The molecule has 6 heteroatoms. The van der Waals surface area contributed by atoms with Gasteiger partial charge in [0.05, 0.1) is 12.6 Å². The Morgan fingerprint density at radius 3 is 3.21 bits per heavy atom. The van der Waals surface area contributed by atoms with Crippen LogP contribution in [0, 0.1) is 0 Å². The Bertz CT molecular complexity index is 568. The summed E-state index contributed by atoms with van der Waals surface area (Å²) in [5.74, 6) is 0.838. The lowest BCUT2D eigenvalue weighted by molar-refractivity contribution is -0.122. The van der Waals surface area contributed by atoms with E-state index in [1.54, 1.807) is 11.0 Å². The van der Waals surface area contributed by atoms with E-state index in [0.717, 1.165) is 11.3 Å². The van der Waals surface area contributed by atoms with Crippen molar-refractivity contribution in [1.29, 1.82) is 0 Å². The van der Waals surface area contributed by atoms with E-state index >= 15 is 0 Å². The van der Waals surface area contributed by atoms with Crippen molar-refractivity contribution in [3.05, 3.63) is 42.5 Å². The van der Waals surface area contributed by atoms with Crippen LogP contribution in [0.25, 0.3) is 0 Å². The van der Waals surface area contributed by atoms with Crippen molar-refractivity contribution in [3.63, 3.8) is 0 Å². The molecule has 0 aliphatic carbocycles. The number of fused-ring (bicyclic) bond motifs is 1. The number of nitrogens with one attached hydrogen (secondary N) is 1. The van der Waals surface area contributed by atoms with Gasteiger partial charge in [-0.05, 0) is 6.07 Å². The molecule has 1 N–H and O–H groups in total. The summed E-state index contributed by atoms with van der Waals surface area (Å²) in [5.41, 5.74) is 1.04. The lowest BCUT2D eigenvalue weighted by atomic mass is 10.1. The molecule has 1 atom stereocenters. The number of hydrogen-bond donors (Lipinski definition) is 1. The van der Waals surface area contributed by atoms with Crippen LogP contribution in [0.1, 0.15) is 18.0 Å². The quantitative estimate of drug-likeness (QED) is 0.885. The average Bonchev–Trinajstić information content (AvgIpc) is 3.07. The maximum Gasteiger partial charge on any atom is 0.222 e. The Hall–Kier alpha value is -2.37. The normalized spacial score (nSPS) is 16.7. The summed E-state index contributed by atoms with van der Waals surface area (Å²) in [4.78, 5) is 15.7. The number of amides is 1. The van der Waals surface area contributed by atoms with Crippen molar-refractivity contribution >= 4 is 5.91 Å². The first-order valence-electron chi connectivity index (χ1n) is 6.16. The van der Waals surface area contributed by atoms with E-state index in [0.29, 0.717) is 19.6 Å². The molecule has 1 unspecified atom stereocenters. The van der Waals surface area contributed by atoms with Crippen molar-refractivity contribution in [3.8, 4) is 5.75 Å². The number of ether oxygens (including phenoxy) is 1. The van der Waals surface area contributed by atoms with Gasteiger partial charge in [-0.2, -0.15) is 5.10 Å². The molecule has 19 heavy (non-hydrogen) atoms. The first kappa shape index (κ1) is 11.7. The molecular formula is C13H14N4O2. The second-order valence-corrected chi connectivity index (χ2v) is 4.38. The fourth-order valence-electron chi connectivity index (χ4n) is 2.11.